The molecule has 0 fully saturated rings. The second kappa shape index (κ2) is 10.9. The molecule has 2 aromatic carbocycles. The van der Waals surface area contributed by atoms with Gasteiger partial charge in [-0.1, -0.05) is 37.3 Å². The van der Waals surface area contributed by atoms with E-state index in [2.05, 4.69) is 4.37 Å². The van der Waals surface area contributed by atoms with Crippen molar-refractivity contribution >= 4 is 17.5 Å². The predicted octanol–water partition coefficient (Wildman–Crippen LogP) is 6.74. The molecular formula is C24H22F5NO3S. The number of nitrogens with zero attached hydrogens (tertiary/aromatic N) is 1. The third-order valence-electron chi connectivity index (χ3n) is 5.08. The van der Waals surface area contributed by atoms with Gasteiger partial charge in [0.05, 0.1) is 12.3 Å². The van der Waals surface area contributed by atoms with Gasteiger partial charge in [-0.3, -0.25) is 4.79 Å². The Bertz CT molecular complexity index is 1140. The molecule has 0 bridgehead atoms. The maximum atomic E-state index is 14.6. The normalized spacial score (nSPS) is 11.5. The van der Waals surface area contributed by atoms with Crippen molar-refractivity contribution in [3.05, 3.63) is 69.6 Å². The minimum atomic E-state index is -4.68. The summed E-state index contributed by atoms with van der Waals surface area (Å²) >= 11 is 0.279. The highest BCUT2D eigenvalue weighted by atomic mass is 32.1. The van der Waals surface area contributed by atoms with E-state index < -0.39 is 41.0 Å². The highest BCUT2D eigenvalue weighted by Crippen LogP contribution is 2.40. The zero-order valence-electron chi connectivity index (χ0n) is 18.5. The molecule has 0 amide bonds. The number of carbonyl (C=O) groups excluding carboxylic acids is 1. The molecule has 3 aromatic rings. The van der Waals surface area contributed by atoms with Gasteiger partial charge in [0.1, 0.15) is 11.5 Å². The zero-order chi connectivity index (χ0) is 24.9. The summed E-state index contributed by atoms with van der Waals surface area (Å²) < 4.78 is 83.7. The average Bonchev–Trinajstić information content (AvgIpc) is 3.24. The van der Waals surface area contributed by atoms with E-state index in [0.717, 1.165) is 18.1 Å². The Balaban J connectivity index is 1.84. The van der Waals surface area contributed by atoms with E-state index in [1.54, 1.807) is 31.2 Å². The number of ether oxygens (including phenoxy) is 2. The SMILES string of the molecule is CCOC(=O)CCc1ccc(OCc2c(-c3ccc(CC)cc3)nsc2C(F)(F)F)c(F)c1F. The monoisotopic (exact) mass is 499 g/mol. The van der Waals surface area contributed by atoms with Crippen molar-refractivity contribution < 1.29 is 36.2 Å². The van der Waals surface area contributed by atoms with Crippen molar-refractivity contribution in [2.75, 3.05) is 6.61 Å². The standard InChI is InChI=1S/C24H22F5NO3S/c1-3-14-5-7-16(8-6-14)22-17(23(34-30-22)24(27,28)29)13-33-18-11-9-15(20(25)21(18)26)10-12-19(31)32-4-2/h5-9,11H,3-4,10,12-13H2,1-2H3. The van der Waals surface area contributed by atoms with Crippen LogP contribution in [0.4, 0.5) is 22.0 Å². The second-order valence-electron chi connectivity index (χ2n) is 7.33. The van der Waals surface area contributed by atoms with Crippen LogP contribution in [0.2, 0.25) is 0 Å². The molecule has 0 aliphatic carbocycles. The number of aryl methyl sites for hydroxylation is 2. The number of esters is 1. The lowest BCUT2D eigenvalue weighted by Gasteiger charge is -2.13. The van der Waals surface area contributed by atoms with Gasteiger partial charge in [0.15, 0.2) is 11.6 Å². The van der Waals surface area contributed by atoms with Gasteiger partial charge < -0.3 is 9.47 Å². The Hall–Kier alpha value is -3.01. The van der Waals surface area contributed by atoms with Gasteiger partial charge in [-0.25, -0.2) is 4.39 Å². The molecule has 0 spiro atoms. The topological polar surface area (TPSA) is 48.4 Å². The van der Waals surface area contributed by atoms with Gasteiger partial charge >= 0.3 is 12.1 Å². The van der Waals surface area contributed by atoms with Gasteiger partial charge in [0, 0.05) is 17.5 Å². The predicted molar refractivity (Wildman–Crippen MR) is 118 cm³/mol. The molecule has 0 unspecified atom stereocenters. The maximum absolute atomic E-state index is 14.6. The van der Waals surface area contributed by atoms with Crippen LogP contribution in [-0.2, 0) is 35.2 Å². The van der Waals surface area contributed by atoms with Gasteiger partial charge in [-0.2, -0.15) is 21.9 Å². The summed E-state index contributed by atoms with van der Waals surface area (Å²) in [6, 6.07) is 9.26. The number of hydrogen-bond acceptors (Lipinski definition) is 5. The summed E-state index contributed by atoms with van der Waals surface area (Å²) in [6.07, 6.45) is -4.15. The molecule has 34 heavy (non-hydrogen) atoms. The van der Waals surface area contributed by atoms with Crippen LogP contribution in [0.1, 0.15) is 41.8 Å². The molecule has 0 atom stereocenters. The van der Waals surface area contributed by atoms with Gasteiger partial charge in [-0.05, 0) is 48.5 Å². The molecular weight excluding hydrogens is 477 g/mol. The summed E-state index contributed by atoms with van der Waals surface area (Å²) in [4.78, 5) is 10.5. The molecule has 0 aliphatic heterocycles. The van der Waals surface area contributed by atoms with E-state index in [1.807, 2.05) is 6.92 Å². The molecule has 3 rings (SSSR count). The highest BCUT2D eigenvalue weighted by Gasteiger charge is 2.38. The number of aromatic nitrogens is 1. The molecule has 1 heterocycles. The summed E-state index contributed by atoms with van der Waals surface area (Å²) in [5.74, 6) is -3.65. The van der Waals surface area contributed by atoms with Crippen LogP contribution >= 0.6 is 11.5 Å². The number of rotatable bonds is 9. The van der Waals surface area contributed by atoms with Crippen LogP contribution in [0.5, 0.6) is 5.75 Å². The summed E-state index contributed by atoms with van der Waals surface area (Å²) in [7, 11) is 0. The first-order chi connectivity index (χ1) is 16.2. The van der Waals surface area contributed by atoms with E-state index in [-0.39, 0.29) is 47.8 Å². The van der Waals surface area contributed by atoms with Crippen molar-refractivity contribution in [3.63, 3.8) is 0 Å². The first-order valence-corrected chi connectivity index (χ1v) is 11.3. The van der Waals surface area contributed by atoms with E-state index in [9.17, 15) is 26.7 Å². The highest BCUT2D eigenvalue weighted by molar-refractivity contribution is 7.06. The number of benzene rings is 2. The van der Waals surface area contributed by atoms with Gasteiger partial charge in [0.25, 0.3) is 0 Å². The molecule has 0 saturated heterocycles. The van der Waals surface area contributed by atoms with Crippen LogP contribution in [0.15, 0.2) is 36.4 Å². The quantitative estimate of drug-likeness (QED) is 0.242. The average molecular weight is 500 g/mol. The van der Waals surface area contributed by atoms with Crippen molar-refractivity contribution in [1.29, 1.82) is 0 Å². The molecule has 1 aromatic heterocycles. The molecule has 0 N–H and O–H groups in total. The number of carbonyl (C=O) groups is 1. The Morgan fingerprint density at radius 1 is 1.03 bits per heavy atom. The number of halogens is 5. The van der Waals surface area contributed by atoms with Crippen molar-refractivity contribution in [1.82, 2.24) is 4.37 Å². The lowest BCUT2D eigenvalue weighted by atomic mass is 10.0. The largest absolute Gasteiger partial charge is 0.486 e. The van der Waals surface area contributed by atoms with Crippen LogP contribution in [0.3, 0.4) is 0 Å². The molecule has 0 saturated carbocycles. The Labute approximate surface area is 197 Å². The lowest BCUT2D eigenvalue weighted by molar-refractivity contribution is -0.143. The maximum Gasteiger partial charge on any atom is 0.427 e. The van der Waals surface area contributed by atoms with E-state index in [1.165, 1.54) is 6.07 Å². The van der Waals surface area contributed by atoms with E-state index >= 15 is 0 Å². The fraction of sp³-hybridized carbons (Fsp3) is 0.333. The minimum Gasteiger partial charge on any atom is -0.486 e. The zero-order valence-corrected chi connectivity index (χ0v) is 19.3. The van der Waals surface area contributed by atoms with Crippen LogP contribution in [0.25, 0.3) is 11.3 Å². The Morgan fingerprint density at radius 2 is 1.74 bits per heavy atom. The number of hydrogen-bond donors (Lipinski definition) is 0. The minimum absolute atomic E-state index is 0.0669. The Morgan fingerprint density at radius 3 is 2.35 bits per heavy atom. The van der Waals surface area contributed by atoms with Gasteiger partial charge in [0.2, 0.25) is 5.82 Å². The second-order valence-corrected chi connectivity index (χ2v) is 8.10. The number of alkyl halides is 3. The van der Waals surface area contributed by atoms with Crippen molar-refractivity contribution in [3.8, 4) is 17.0 Å². The van der Waals surface area contributed by atoms with E-state index in [4.69, 9.17) is 9.47 Å². The molecule has 0 radical (unpaired) electrons. The molecule has 4 nitrogen and oxygen atoms in total. The Kier molecular flexibility index (Phi) is 8.24. The fourth-order valence-electron chi connectivity index (χ4n) is 3.29. The summed E-state index contributed by atoms with van der Waals surface area (Å²) in [5, 5.41) is 0. The van der Waals surface area contributed by atoms with Crippen LogP contribution in [0, 0.1) is 11.6 Å². The van der Waals surface area contributed by atoms with Crippen LogP contribution in [-0.4, -0.2) is 16.9 Å². The molecule has 10 heteroatoms. The molecule has 182 valence electrons. The first kappa shape index (κ1) is 25.6. The molecule has 0 aliphatic rings. The van der Waals surface area contributed by atoms with E-state index in [0.29, 0.717) is 5.56 Å². The lowest BCUT2D eigenvalue weighted by Crippen LogP contribution is -2.10. The summed E-state index contributed by atoms with van der Waals surface area (Å²) in [5.41, 5.74) is 1.22. The smallest absolute Gasteiger partial charge is 0.427 e. The first-order valence-electron chi connectivity index (χ1n) is 10.6. The van der Waals surface area contributed by atoms with Gasteiger partial charge in [-0.15, -0.1) is 0 Å². The van der Waals surface area contributed by atoms with Crippen LogP contribution < -0.4 is 4.74 Å². The third kappa shape index (κ3) is 5.91. The van der Waals surface area contributed by atoms with Crippen molar-refractivity contribution in [2.24, 2.45) is 0 Å². The van der Waals surface area contributed by atoms with Crippen molar-refractivity contribution in [2.45, 2.75) is 45.9 Å². The third-order valence-corrected chi connectivity index (χ3v) is 6.02. The fourth-order valence-corrected chi connectivity index (χ4v) is 4.05. The summed E-state index contributed by atoms with van der Waals surface area (Å²) in [6.45, 7) is 3.09.